The molecule has 0 spiro atoms. The number of nitrogens with one attached hydrogen (secondary N) is 1. The first kappa shape index (κ1) is 16.1. The fourth-order valence-corrected chi connectivity index (χ4v) is 2.91. The van der Waals surface area contributed by atoms with Crippen LogP contribution < -0.4 is 5.32 Å². The zero-order valence-corrected chi connectivity index (χ0v) is 11.8. The van der Waals surface area contributed by atoms with Gasteiger partial charge in [0.2, 0.25) is 0 Å². The highest BCUT2D eigenvalue weighted by Gasteiger charge is 2.16. The second-order valence-electron chi connectivity index (χ2n) is 3.12. The van der Waals surface area contributed by atoms with Gasteiger partial charge in [-0.05, 0) is 17.5 Å². The average Bonchev–Trinajstić information content (AvgIpc) is 2.80. The van der Waals surface area contributed by atoms with Gasteiger partial charge in [-0.15, -0.1) is 11.3 Å². The van der Waals surface area contributed by atoms with E-state index in [2.05, 4.69) is 18.5 Å². The molecule has 1 nitrogen and oxygen atoms in total. The van der Waals surface area contributed by atoms with Crippen LogP contribution in [0.5, 0.6) is 0 Å². The molecular weight excluding hydrogens is 233 g/mol. The summed E-state index contributed by atoms with van der Waals surface area (Å²) in [5, 5.41) is 3.38. The molecule has 2 rings (SSSR count). The Morgan fingerprint density at radius 2 is 1.88 bits per heavy atom. The Morgan fingerprint density at radius 1 is 1.24 bits per heavy atom. The van der Waals surface area contributed by atoms with E-state index in [4.69, 9.17) is 0 Å². The van der Waals surface area contributed by atoms with Gasteiger partial charge in [-0.2, -0.15) is 0 Å². The Hall–Kier alpha value is -0.930. The predicted octanol–water partition coefficient (Wildman–Crippen LogP) is 4.29. The third kappa shape index (κ3) is 3.79. The fraction of sp³-hybridized carbons (Fsp3) is 0.429. The summed E-state index contributed by atoms with van der Waals surface area (Å²) >= 11 is 1.86. The van der Waals surface area contributed by atoms with Crippen molar-refractivity contribution in [3.63, 3.8) is 0 Å². The van der Waals surface area contributed by atoms with E-state index in [0.717, 1.165) is 19.5 Å². The van der Waals surface area contributed by atoms with Crippen molar-refractivity contribution in [2.75, 3.05) is 13.7 Å². The van der Waals surface area contributed by atoms with Gasteiger partial charge in [-0.1, -0.05) is 39.2 Å². The van der Waals surface area contributed by atoms with Gasteiger partial charge >= 0.3 is 0 Å². The molecule has 0 aromatic carbocycles. The van der Waals surface area contributed by atoms with Gasteiger partial charge in [-0.3, -0.25) is 4.39 Å². The molecule has 1 N–H and O–H groups in total. The summed E-state index contributed by atoms with van der Waals surface area (Å²) in [4.78, 5) is 2.77. The van der Waals surface area contributed by atoms with E-state index in [1.807, 2.05) is 37.3 Å². The van der Waals surface area contributed by atoms with E-state index in [0.29, 0.717) is 7.18 Å². The van der Waals surface area contributed by atoms with Crippen molar-refractivity contribution in [2.45, 2.75) is 26.8 Å². The maximum absolute atomic E-state index is 9.50. The molecule has 3 heteroatoms. The van der Waals surface area contributed by atoms with Crippen molar-refractivity contribution in [3.8, 4) is 0 Å². The molecule has 1 aliphatic rings. The molecule has 1 aromatic heterocycles. The van der Waals surface area contributed by atoms with Crippen LogP contribution in [0.25, 0.3) is 12.2 Å². The van der Waals surface area contributed by atoms with Crippen LogP contribution in [0, 0.1) is 0 Å². The van der Waals surface area contributed by atoms with Crippen molar-refractivity contribution in [1.29, 1.82) is 0 Å². The molecular formula is C14H22FNS. The summed E-state index contributed by atoms with van der Waals surface area (Å²) in [5.41, 5.74) is 2.71. The number of hydrogen-bond donors (Lipinski definition) is 1. The summed E-state index contributed by atoms with van der Waals surface area (Å²) in [6, 6.07) is 0. The first-order valence-electron chi connectivity index (χ1n) is 5.84. The van der Waals surface area contributed by atoms with Crippen molar-refractivity contribution in [1.82, 2.24) is 5.32 Å². The minimum absolute atomic E-state index is 0.500. The lowest BCUT2D eigenvalue weighted by Gasteiger charge is -2.12. The SMILES string of the molecule is C=Cc1sc2c(c1C=C)CNCC2.CC.CF. The zero-order chi connectivity index (χ0) is 13.3. The normalized spacial score (nSPS) is 12.2. The standard InChI is InChI=1S/C11H13NS.C2H6.CH3F/c1-3-8-9-7-12-6-5-11(9)13-10(8)4-2;2*1-2/h3-4,12H,1-2,5-7H2;1-2H3;1H3. The van der Waals surface area contributed by atoms with Crippen LogP contribution in [0.2, 0.25) is 0 Å². The van der Waals surface area contributed by atoms with Gasteiger partial charge in [0, 0.05) is 22.8 Å². The van der Waals surface area contributed by atoms with Crippen molar-refractivity contribution in [2.24, 2.45) is 0 Å². The van der Waals surface area contributed by atoms with Crippen LogP contribution in [0.15, 0.2) is 13.2 Å². The highest BCUT2D eigenvalue weighted by Crippen LogP contribution is 2.32. The van der Waals surface area contributed by atoms with Crippen LogP contribution in [-0.4, -0.2) is 13.7 Å². The molecule has 0 saturated heterocycles. The number of hydrogen-bond acceptors (Lipinski definition) is 2. The number of halogens is 1. The molecule has 0 aliphatic carbocycles. The van der Waals surface area contributed by atoms with E-state index in [-0.39, 0.29) is 0 Å². The molecule has 0 radical (unpaired) electrons. The molecule has 96 valence electrons. The molecule has 0 saturated carbocycles. The van der Waals surface area contributed by atoms with Gasteiger partial charge in [0.15, 0.2) is 0 Å². The Morgan fingerprint density at radius 3 is 2.41 bits per heavy atom. The number of alkyl halides is 1. The molecule has 0 fully saturated rings. The Bertz CT molecular complexity index is 355. The van der Waals surface area contributed by atoms with E-state index in [1.165, 1.54) is 20.9 Å². The summed E-state index contributed by atoms with van der Waals surface area (Å²) in [6.45, 7) is 13.8. The molecule has 0 bridgehead atoms. The fourth-order valence-electron chi connectivity index (χ4n) is 1.73. The van der Waals surface area contributed by atoms with E-state index in [1.54, 1.807) is 0 Å². The Labute approximate surface area is 108 Å². The zero-order valence-electron chi connectivity index (χ0n) is 11.0. The van der Waals surface area contributed by atoms with E-state index < -0.39 is 0 Å². The van der Waals surface area contributed by atoms with Crippen LogP contribution in [0.1, 0.15) is 34.7 Å². The first-order chi connectivity index (χ1) is 8.36. The summed E-state index contributed by atoms with van der Waals surface area (Å²) in [6.07, 6.45) is 5.02. The molecule has 2 heterocycles. The minimum Gasteiger partial charge on any atom is -0.312 e. The van der Waals surface area contributed by atoms with Gasteiger partial charge < -0.3 is 5.32 Å². The number of fused-ring (bicyclic) bond motifs is 1. The van der Waals surface area contributed by atoms with Crippen LogP contribution >= 0.6 is 11.3 Å². The molecule has 0 unspecified atom stereocenters. The van der Waals surface area contributed by atoms with Crippen LogP contribution in [-0.2, 0) is 13.0 Å². The molecule has 0 amide bonds. The van der Waals surface area contributed by atoms with E-state index in [9.17, 15) is 4.39 Å². The summed E-state index contributed by atoms with van der Waals surface area (Å²) in [5.74, 6) is 0. The number of rotatable bonds is 2. The maximum atomic E-state index is 9.50. The second kappa shape index (κ2) is 9.14. The number of thiophene rings is 1. The molecule has 1 aromatic rings. The average molecular weight is 255 g/mol. The second-order valence-corrected chi connectivity index (χ2v) is 4.25. The first-order valence-corrected chi connectivity index (χ1v) is 6.66. The highest BCUT2D eigenvalue weighted by molar-refractivity contribution is 7.13. The molecule has 0 atom stereocenters. The summed E-state index contributed by atoms with van der Waals surface area (Å²) in [7, 11) is 0.500. The van der Waals surface area contributed by atoms with Crippen molar-refractivity contribution >= 4 is 23.5 Å². The maximum Gasteiger partial charge on any atom is 0.0785 e. The summed E-state index contributed by atoms with van der Waals surface area (Å²) < 4.78 is 9.50. The third-order valence-electron chi connectivity index (χ3n) is 2.38. The lowest BCUT2D eigenvalue weighted by atomic mass is 10.0. The third-order valence-corrected chi connectivity index (χ3v) is 3.68. The van der Waals surface area contributed by atoms with Crippen molar-refractivity contribution < 1.29 is 4.39 Å². The molecule has 17 heavy (non-hydrogen) atoms. The van der Waals surface area contributed by atoms with Gasteiger partial charge in [-0.25, -0.2) is 0 Å². The minimum atomic E-state index is 0.500. The van der Waals surface area contributed by atoms with E-state index >= 15 is 0 Å². The van der Waals surface area contributed by atoms with Crippen LogP contribution in [0.3, 0.4) is 0 Å². The predicted molar refractivity (Wildman–Crippen MR) is 78.3 cm³/mol. The van der Waals surface area contributed by atoms with Crippen molar-refractivity contribution in [3.05, 3.63) is 34.0 Å². The molecule has 1 aliphatic heterocycles. The van der Waals surface area contributed by atoms with Crippen LogP contribution in [0.4, 0.5) is 4.39 Å². The van der Waals surface area contributed by atoms with Gasteiger partial charge in [0.1, 0.15) is 0 Å². The topological polar surface area (TPSA) is 12.0 Å². The Balaban J connectivity index is 0.000000581. The lowest BCUT2D eigenvalue weighted by Crippen LogP contribution is -2.22. The van der Waals surface area contributed by atoms with Gasteiger partial charge in [0.05, 0.1) is 7.18 Å². The smallest absolute Gasteiger partial charge is 0.0785 e. The van der Waals surface area contributed by atoms with Gasteiger partial charge in [0.25, 0.3) is 0 Å². The largest absolute Gasteiger partial charge is 0.312 e. The Kier molecular flexibility index (Phi) is 8.64. The quantitative estimate of drug-likeness (QED) is 0.831. The monoisotopic (exact) mass is 255 g/mol. The highest BCUT2D eigenvalue weighted by atomic mass is 32.1. The lowest BCUT2D eigenvalue weighted by molar-refractivity contribution is 0.636.